The standard InChI is InChI=1S/C10H8BrClO2S/c1-13-6-3-7(14-2)9(11)10-8(6)5(12)4-15-10/h3-4H,1-2H3. The first-order valence-corrected chi connectivity index (χ1v) is 6.21. The van der Waals surface area contributed by atoms with Gasteiger partial charge in [-0.2, -0.15) is 0 Å². The van der Waals surface area contributed by atoms with Gasteiger partial charge in [0.1, 0.15) is 11.5 Å². The van der Waals surface area contributed by atoms with Crippen molar-refractivity contribution in [3.63, 3.8) is 0 Å². The van der Waals surface area contributed by atoms with E-state index in [2.05, 4.69) is 15.9 Å². The van der Waals surface area contributed by atoms with Gasteiger partial charge in [-0.25, -0.2) is 0 Å². The first-order valence-electron chi connectivity index (χ1n) is 4.16. The van der Waals surface area contributed by atoms with Crippen LogP contribution in [0, 0.1) is 0 Å². The monoisotopic (exact) mass is 306 g/mol. The summed E-state index contributed by atoms with van der Waals surface area (Å²) in [7, 11) is 3.25. The molecule has 5 heteroatoms. The molecule has 0 fully saturated rings. The lowest BCUT2D eigenvalue weighted by molar-refractivity contribution is 0.396. The third kappa shape index (κ3) is 1.71. The second kappa shape index (κ2) is 4.20. The van der Waals surface area contributed by atoms with Crippen molar-refractivity contribution in [2.24, 2.45) is 0 Å². The molecule has 0 atom stereocenters. The molecule has 1 heterocycles. The van der Waals surface area contributed by atoms with Gasteiger partial charge in [-0.3, -0.25) is 0 Å². The molecule has 1 aromatic carbocycles. The van der Waals surface area contributed by atoms with Crippen LogP contribution in [0.5, 0.6) is 11.5 Å². The fourth-order valence-corrected chi connectivity index (χ4v) is 3.41. The Morgan fingerprint density at radius 3 is 2.53 bits per heavy atom. The van der Waals surface area contributed by atoms with E-state index in [9.17, 15) is 0 Å². The minimum Gasteiger partial charge on any atom is -0.496 e. The van der Waals surface area contributed by atoms with E-state index in [1.807, 2.05) is 11.4 Å². The molecule has 1 aromatic heterocycles. The number of benzene rings is 1. The van der Waals surface area contributed by atoms with E-state index in [1.165, 1.54) is 0 Å². The maximum absolute atomic E-state index is 6.09. The van der Waals surface area contributed by atoms with Crippen LogP contribution < -0.4 is 9.47 Å². The zero-order valence-corrected chi connectivity index (χ0v) is 11.3. The highest BCUT2D eigenvalue weighted by Crippen LogP contribution is 2.45. The van der Waals surface area contributed by atoms with Gasteiger partial charge >= 0.3 is 0 Å². The highest BCUT2D eigenvalue weighted by molar-refractivity contribution is 9.10. The second-order valence-corrected chi connectivity index (χ2v) is 4.96. The summed E-state index contributed by atoms with van der Waals surface area (Å²) in [6, 6.07) is 1.82. The average molecular weight is 308 g/mol. The van der Waals surface area contributed by atoms with Gasteiger partial charge in [-0.15, -0.1) is 11.3 Å². The molecule has 80 valence electrons. The molecule has 0 saturated heterocycles. The van der Waals surface area contributed by atoms with E-state index in [4.69, 9.17) is 21.1 Å². The number of hydrogen-bond acceptors (Lipinski definition) is 3. The van der Waals surface area contributed by atoms with Crippen molar-refractivity contribution < 1.29 is 9.47 Å². The van der Waals surface area contributed by atoms with Gasteiger partial charge in [0.2, 0.25) is 0 Å². The van der Waals surface area contributed by atoms with Crippen molar-refractivity contribution in [1.82, 2.24) is 0 Å². The molecule has 0 saturated carbocycles. The maximum Gasteiger partial charge on any atom is 0.138 e. The molecule has 0 N–H and O–H groups in total. The lowest BCUT2D eigenvalue weighted by Crippen LogP contribution is -1.89. The summed E-state index contributed by atoms with van der Waals surface area (Å²) in [5.41, 5.74) is 0. The van der Waals surface area contributed by atoms with Crippen LogP contribution >= 0.6 is 38.9 Å². The van der Waals surface area contributed by atoms with Crippen molar-refractivity contribution in [2.45, 2.75) is 0 Å². The number of fused-ring (bicyclic) bond motifs is 1. The number of methoxy groups -OCH3 is 2. The topological polar surface area (TPSA) is 18.5 Å². The van der Waals surface area contributed by atoms with Gasteiger partial charge in [0, 0.05) is 11.4 Å². The normalized spacial score (nSPS) is 10.7. The largest absolute Gasteiger partial charge is 0.496 e. The SMILES string of the molecule is COc1cc(OC)c2c(Cl)csc2c1Br. The van der Waals surface area contributed by atoms with E-state index in [0.717, 1.165) is 26.1 Å². The van der Waals surface area contributed by atoms with Crippen molar-refractivity contribution in [2.75, 3.05) is 14.2 Å². The van der Waals surface area contributed by atoms with Gasteiger partial charge in [0.15, 0.2) is 0 Å². The van der Waals surface area contributed by atoms with Crippen LogP contribution in [-0.4, -0.2) is 14.2 Å². The van der Waals surface area contributed by atoms with Gasteiger partial charge in [-0.05, 0) is 15.9 Å². The second-order valence-electron chi connectivity index (χ2n) is 2.88. The molecular formula is C10H8BrClO2S. The van der Waals surface area contributed by atoms with E-state index in [0.29, 0.717) is 5.02 Å². The number of rotatable bonds is 2. The molecule has 0 spiro atoms. The molecule has 2 nitrogen and oxygen atoms in total. The fraction of sp³-hybridized carbons (Fsp3) is 0.200. The molecule has 0 aliphatic heterocycles. The molecule has 0 radical (unpaired) electrons. The average Bonchev–Trinajstić information content (AvgIpc) is 2.63. The highest BCUT2D eigenvalue weighted by Gasteiger charge is 2.15. The number of ether oxygens (including phenoxy) is 2. The molecule has 0 amide bonds. The van der Waals surface area contributed by atoms with Crippen molar-refractivity contribution in [3.05, 3.63) is 20.9 Å². The summed E-state index contributed by atoms with van der Waals surface area (Å²) in [4.78, 5) is 0. The van der Waals surface area contributed by atoms with Crippen LogP contribution in [0.1, 0.15) is 0 Å². The lowest BCUT2D eigenvalue weighted by atomic mass is 10.2. The third-order valence-corrected chi connectivity index (χ3v) is 4.58. The zero-order valence-electron chi connectivity index (χ0n) is 8.14. The maximum atomic E-state index is 6.09. The Hall–Kier alpha value is -0.450. The lowest BCUT2D eigenvalue weighted by Gasteiger charge is -2.08. The minimum atomic E-state index is 0.704. The number of thiophene rings is 1. The van der Waals surface area contributed by atoms with E-state index in [-0.39, 0.29) is 0 Å². The molecule has 0 bridgehead atoms. The van der Waals surface area contributed by atoms with Crippen LogP contribution in [0.3, 0.4) is 0 Å². The smallest absolute Gasteiger partial charge is 0.138 e. The van der Waals surface area contributed by atoms with Crippen LogP contribution in [0.15, 0.2) is 15.9 Å². The molecule has 15 heavy (non-hydrogen) atoms. The van der Waals surface area contributed by atoms with E-state index >= 15 is 0 Å². The predicted molar refractivity (Wildman–Crippen MR) is 67.6 cm³/mol. The Morgan fingerprint density at radius 1 is 1.27 bits per heavy atom. The highest BCUT2D eigenvalue weighted by atomic mass is 79.9. The molecule has 2 aromatic rings. The first-order chi connectivity index (χ1) is 7.19. The predicted octanol–water partition coefficient (Wildman–Crippen LogP) is 4.33. The van der Waals surface area contributed by atoms with Crippen molar-refractivity contribution in [1.29, 1.82) is 0 Å². The van der Waals surface area contributed by atoms with E-state index < -0.39 is 0 Å². The van der Waals surface area contributed by atoms with Gasteiger partial charge in [0.05, 0.1) is 33.8 Å². The van der Waals surface area contributed by atoms with E-state index in [1.54, 1.807) is 25.6 Å². The third-order valence-electron chi connectivity index (χ3n) is 2.11. The molecular weight excluding hydrogens is 300 g/mol. The molecule has 0 aliphatic carbocycles. The molecule has 2 rings (SSSR count). The number of halogens is 2. The molecule has 0 unspecified atom stereocenters. The summed E-state index contributed by atoms with van der Waals surface area (Å²) in [6.07, 6.45) is 0. The van der Waals surface area contributed by atoms with Crippen LogP contribution in [0.4, 0.5) is 0 Å². The Balaban J connectivity index is 2.86. The Kier molecular flexibility index (Phi) is 3.09. The summed E-state index contributed by atoms with van der Waals surface area (Å²) in [5.74, 6) is 1.48. The minimum absolute atomic E-state index is 0.704. The quantitative estimate of drug-likeness (QED) is 0.822. The Bertz CT molecular complexity index is 510. The fourth-order valence-electron chi connectivity index (χ4n) is 1.40. The summed E-state index contributed by atoms with van der Waals surface area (Å²) < 4.78 is 12.5. The van der Waals surface area contributed by atoms with Crippen molar-refractivity contribution in [3.8, 4) is 11.5 Å². The van der Waals surface area contributed by atoms with Gasteiger partial charge in [-0.1, -0.05) is 11.6 Å². The summed E-state index contributed by atoms with van der Waals surface area (Å²) in [5, 5.41) is 3.52. The van der Waals surface area contributed by atoms with Crippen LogP contribution in [-0.2, 0) is 0 Å². The summed E-state index contributed by atoms with van der Waals surface area (Å²) >= 11 is 11.1. The van der Waals surface area contributed by atoms with Gasteiger partial charge < -0.3 is 9.47 Å². The van der Waals surface area contributed by atoms with Crippen LogP contribution in [0.2, 0.25) is 5.02 Å². The first kappa shape index (κ1) is 11.0. The van der Waals surface area contributed by atoms with Crippen molar-refractivity contribution >= 4 is 49.0 Å². The van der Waals surface area contributed by atoms with Gasteiger partial charge in [0.25, 0.3) is 0 Å². The Morgan fingerprint density at radius 2 is 1.93 bits per heavy atom. The molecule has 0 aliphatic rings. The summed E-state index contributed by atoms with van der Waals surface area (Å²) in [6.45, 7) is 0. The Labute approximate surface area is 105 Å². The number of hydrogen-bond donors (Lipinski definition) is 0. The zero-order chi connectivity index (χ0) is 11.0. The van der Waals surface area contributed by atoms with Crippen LogP contribution in [0.25, 0.3) is 10.1 Å².